The Labute approximate surface area is 140 Å². The van der Waals surface area contributed by atoms with E-state index in [4.69, 9.17) is 9.26 Å². The van der Waals surface area contributed by atoms with E-state index in [2.05, 4.69) is 27.3 Å². The van der Waals surface area contributed by atoms with Gasteiger partial charge in [0.1, 0.15) is 11.9 Å². The number of H-pyrrole nitrogens is 1. The molecule has 1 aliphatic heterocycles. The third-order valence-electron chi connectivity index (χ3n) is 4.01. The van der Waals surface area contributed by atoms with E-state index in [0.29, 0.717) is 25.5 Å². The molecule has 0 bridgehead atoms. The Kier molecular flexibility index (Phi) is 4.94. The number of nitrogens with zero attached hydrogens (tertiary/aromatic N) is 4. The van der Waals surface area contributed by atoms with Crippen molar-refractivity contribution in [2.75, 3.05) is 19.7 Å². The second-order valence-electron chi connectivity index (χ2n) is 6.27. The number of ether oxygens (including phenoxy) is 1. The number of hydrogen-bond acceptors (Lipinski definition) is 6. The second kappa shape index (κ2) is 7.12. The fourth-order valence-electron chi connectivity index (χ4n) is 2.61. The Bertz CT molecular complexity index is 693. The monoisotopic (exact) mass is 333 g/mol. The van der Waals surface area contributed by atoms with Crippen LogP contribution in [0.4, 0.5) is 0 Å². The van der Waals surface area contributed by atoms with Gasteiger partial charge in [0.15, 0.2) is 5.82 Å². The summed E-state index contributed by atoms with van der Waals surface area (Å²) in [6.07, 6.45) is 1.52. The first-order valence-corrected chi connectivity index (χ1v) is 8.37. The van der Waals surface area contributed by atoms with Gasteiger partial charge in [0.05, 0.1) is 18.8 Å². The van der Waals surface area contributed by atoms with E-state index in [1.165, 1.54) is 0 Å². The maximum Gasteiger partial charge on any atom is 0.292 e. The summed E-state index contributed by atoms with van der Waals surface area (Å²) in [5, 5.41) is 11.1. The van der Waals surface area contributed by atoms with Gasteiger partial charge in [0.25, 0.3) is 5.91 Å². The molecular formula is C16H23N5O3. The molecule has 2 aromatic heterocycles. The van der Waals surface area contributed by atoms with Crippen molar-refractivity contribution in [2.24, 2.45) is 0 Å². The number of morpholine rings is 1. The molecule has 0 unspecified atom stereocenters. The molecular weight excluding hydrogens is 310 g/mol. The number of carbonyl (C=O) groups is 1. The first-order valence-electron chi connectivity index (χ1n) is 8.37. The van der Waals surface area contributed by atoms with Crippen LogP contribution in [-0.4, -0.2) is 50.8 Å². The first-order chi connectivity index (χ1) is 11.6. The maximum absolute atomic E-state index is 12.6. The molecule has 1 saturated heterocycles. The number of carbonyl (C=O) groups excluding carboxylic acids is 1. The third kappa shape index (κ3) is 3.48. The molecule has 0 radical (unpaired) electrons. The quantitative estimate of drug-likeness (QED) is 0.900. The minimum absolute atomic E-state index is 0.174. The molecule has 0 spiro atoms. The zero-order valence-electron chi connectivity index (χ0n) is 14.3. The van der Waals surface area contributed by atoms with Crippen LogP contribution in [0.3, 0.4) is 0 Å². The van der Waals surface area contributed by atoms with Gasteiger partial charge < -0.3 is 14.2 Å². The summed E-state index contributed by atoms with van der Waals surface area (Å²) in [4.78, 5) is 18.8. The number of rotatable bonds is 5. The zero-order chi connectivity index (χ0) is 17.1. The minimum Gasteiger partial charge on any atom is -0.366 e. The molecule has 3 rings (SSSR count). The number of aryl methyl sites for hydroxylation is 1. The van der Waals surface area contributed by atoms with E-state index in [1.54, 1.807) is 11.0 Å². The average molecular weight is 333 g/mol. The topological polar surface area (TPSA) is 97.1 Å². The summed E-state index contributed by atoms with van der Waals surface area (Å²) in [5.41, 5.74) is 0.779. The molecule has 8 nitrogen and oxygen atoms in total. The Morgan fingerprint density at radius 1 is 1.50 bits per heavy atom. The first kappa shape index (κ1) is 16.6. The predicted molar refractivity (Wildman–Crippen MR) is 85.6 cm³/mol. The lowest BCUT2D eigenvalue weighted by Gasteiger charge is -2.30. The second-order valence-corrected chi connectivity index (χ2v) is 6.27. The molecule has 1 fully saturated rings. The lowest BCUT2D eigenvalue weighted by molar-refractivity contribution is -0.0278. The summed E-state index contributed by atoms with van der Waals surface area (Å²) < 4.78 is 10.9. The van der Waals surface area contributed by atoms with Crippen molar-refractivity contribution in [1.29, 1.82) is 0 Å². The van der Waals surface area contributed by atoms with Gasteiger partial charge in [0.2, 0.25) is 5.76 Å². The van der Waals surface area contributed by atoms with Crippen LogP contribution >= 0.6 is 0 Å². The standard InChI is InChI=1S/C16H23N5O3/c1-4-5-14-17-15(19-18-14)13-9-21(6-7-23-13)16(22)12-8-11(10(2)3)20-24-12/h8,10,13H,4-7,9H2,1-3H3,(H,17,18,19)/t13-/m0/s1. The Hall–Kier alpha value is -2.22. The van der Waals surface area contributed by atoms with Gasteiger partial charge in [-0.05, 0) is 12.3 Å². The lowest BCUT2D eigenvalue weighted by atomic mass is 10.1. The van der Waals surface area contributed by atoms with E-state index in [9.17, 15) is 4.79 Å². The predicted octanol–water partition coefficient (Wildman–Crippen LogP) is 2.08. The molecule has 3 heterocycles. The lowest BCUT2D eigenvalue weighted by Crippen LogP contribution is -2.42. The highest BCUT2D eigenvalue weighted by molar-refractivity contribution is 5.91. The van der Waals surface area contributed by atoms with Gasteiger partial charge in [-0.1, -0.05) is 25.9 Å². The Morgan fingerprint density at radius 3 is 3.04 bits per heavy atom. The van der Waals surface area contributed by atoms with E-state index in [-0.39, 0.29) is 23.7 Å². The number of aromatic amines is 1. The van der Waals surface area contributed by atoms with E-state index in [0.717, 1.165) is 24.4 Å². The molecule has 2 aromatic rings. The van der Waals surface area contributed by atoms with Crippen LogP contribution in [0.5, 0.6) is 0 Å². The normalized spacial score (nSPS) is 18.3. The van der Waals surface area contributed by atoms with Crippen molar-refractivity contribution in [1.82, 2.24) is 25.2 Å². The van der Waals surface area contributed by atoms with Crippen molar-refractivity contribution in [2.45, 2.75) is 45.6 Å². The van der Waals surface area contributed by atoms with Crippen LogP contribution in [0, 0.1) is 0 Å². The Balaban J connectivity index is 1.68. The van der Waals surface area contributed by atoms with Crippen molar-refractivity contribution in [3.63, 3.8) is 0 Å². The number of amides is 1. The van der Waals surface area contributed by atoms with Crippen LogP contribution in [0.1, 0.15) is 67.1 Å². The molecule has 1 amide bonds. The molecule has 1 atom stereocenters. The van der Waals surface area contributed by atoms with Crippen LogP contribution in [0.25, 0.3) is 0 Å². The largest absolute Gasteiger partial charge is 0.366 e. The zero-order valence-corrected chi connectivity index (χ0v) is 14.3. The minimum atomic E-state index is -0.322. The average Bonchev–Trinajstić information content (AvgIpc) is 3.24. The third-order valence-corrected chi connectivity index (χ3v) is 4.01. The van der Waals surface area contributed by atoms with Gasteiger partial charge in [0, 0.05) is 19.0 Å². The molecule has 0 aliphatic carbocycles. The molecule has 8 heteroatoms. The van der Waals surface area contributed by atoms with Gasteiger partial charge in [-0.3, -0.25) is 9.89 Å². The molecule has 130 valence electrons. The van der Waals surface area contributed by atoms with Gasteiger partial charge in [-0.15, -0.1) is 0 Å². The van der Waals surface area contributed by atoms with Crippen LogP contribution in [-0.2, 0) is 11.2 Å². The SMILES string of the molecule is CCCc1nc([C@@H]2CN(C(=O)c3cc(C(C)C)no3)CCO2)n[nH]1. The smallest absolute Gasteiger partial charge is 0.292 e. The van der Waals surface area contributed by atoms with Gasteiger partial charge in [-0.25, -0.2) is 4.98 Å². The summed E-state index contributed by atoms with van der Waals surface area (Å²) in [6.45, 7) is 7.46. The fourth-order valence-corrected chi connectivity index (χ4v) is 2.61. The summed E-state index contributed by atoms with van der Waals surface area (Å²) in [5.74, 6) is 1.75. The van der Waals surface area contributed by atoms with Crippen molar-refractivity contribution < 1.29 is 14.1 Å². The highest BCUT2D eigenvalue weighted by Crippen LogP contribution is 2.22. The van der Waals surface area contributed by atoms with Crippen LogP contribution in [0.15, 0.2) is 10.6 Å². The van der Waals surface area contributed by atoms with E-state index < -0.39 is 0 Å². The van der Waals surface area contributed by atoms with Crippen molar-refractivity contribution >= 4 is 5.91 Å². The van der Waals surface area contributed by atoms with Crippen molar-refractivity contribution in [3.8, 4) is 0 Å². The molecule has 1 N–H and O–H groups in total. The molecule has 24 heavy (non-hydrogen) atoms. The van der Waals surface area contributed by atoms with E-state index >= 15 is 0 Å². The number of nitrogens with one attached hydrogen (secondary N) is 1. The summed E-state index contributed by atoms with van der Waals surface area (Å²) >= 11 is 0. The maximum atomic E-state index is 12.6. The summed E-state index contributed by atoms with van der Waals surface area (Å²) in [7, 11) is 0. The van der Waals surface area contributed by atoms with Gasteiger partial charge >= 0.3 is 0 Å². The Morgan fingerprint density at radius 2 is 2.33 bits per heavy atom. The molecule has 1 aliphatic rings. The summed E-state index contributed by atoms with van der Waals surface area (Å²) in [6, 6.07) is 1.71. The van der Waals surface area contributed by atoms with Crippen LogP contribution < -0.4 is 0 Å². The van der Waals surface area contributed by atoms with Gasteiger partial charge in [-0.2, -0.15) is 5.10 Å². The van der Waals surface area contributed by atoms with E-state index in [1.807, 2.05) is 13.8 Å². The van der Waals surface area contributed by atoms with Crippen LogP contribution in [0.2, 0.25) is 0 Å². The molecule has 0 saturated carbocycles. The number of hydrogen-bond donors (Lipinski definition) is 1. The molecule has 0 aromatic carbocycles. The number of aromatic nitrogens is 4. The highest BCUT2D eigenvalue weighted by Gasteiger charge is 2.30. The van der Waals surface area contributed by atoms with Crippen molar-refractivity contribution in [3.05, 3.63) is 29.2 Å². The fraction of sp³-hybridized carbons (Fsp3) is 0.625. The highest BCUT2D eigenvalue weighted by atomic mass is 16.5.